The Bertz CT molecular complexity index is 805. The lowest BCUT2D eigenvalue weighted by Crippen LogP contribution is -3.13. The summed E-state index contributed by atoms with van der Waals surface area (Å²) in [6.45, 7) is 6.06. The zero-order valence-corrected chi connectivity index (χ0v) is 16.0. The summed E-state index contributed by atoms with van der Waals surface area (Å²) < 4.78 is 43.8. The van der Waals surface area contributed by atoms with E-state index in [0.717, 1.165) is 37.6 Å². The van der Waals surface area contributed by atoms with Gasteiger partial charge in [-0.3, -0.25) is 0 Å². The fourth-order valence-corrected chi connectivity index (χ4v) is 3.70. The molecule has 1 fully saturated rings. The minimum absolute atomic E-state index is 0.0913. The van der Waals surface area contributed by atoms with Gasteiger partial charge in [0.2, 0.25) is 0 Å². The SMILES string of the molecule is COc1ccc(C)cc1C[NH+]1CCN(c2[nH+]cc(C(F)(F)F)cc2Cl)CC1. The summed E-state index contributed by atoms with van der Waals surface area (Å²) in [4.78, 5) is 6.12. The molecule has 0 bridgehead atoms. The molecule has 2 N–H and O–H groups in total. The lowest BCUT2D eigenvalue weighted by atomic mass is 10.1. The third-order valence-electron chi connectivity index (χ3n) is 4.86. The van der Waals surface area contributed by atoms with Gasteiger partial charge in [0.25, 0.3) is 5.82 Å². The van der Waals surface area contributed by atoms with E-state index < -0.39 is 11.7 Å². The molecule has 146 valence electrons. The van der Waals surface area contributed by atoms with Crippen LogP contribution in [0.25, 0.3) is 0 Å². The van der Waals surface area contributed by atoms with Crippen LogP contribution in [0.4, 0.5) is 19.0 Å². The quantitative estimate of drug-likeness (QED) is 0.853. The van der Waals surface area contributed by atoms with Crippen molar-refractivity contribution in [2.75, 3.05) is 38.2 Å². The Morgan fingerprint density at radius 1 is 1.22 bits per heavy atom. The first-order valence-corrected chi connectivity index (χ1v) is 9.16. The molecule has 1 aliphatic rings. The van der Waals surface area contributed by atoms with Crippen LogP contribution in [0.1, 0.15) is 16.7 Å². The normalized spacial score (nSPS) is 15.9. The Hall–Kier alpha value is -1.99. The number of pyridine rings is 1. The number of aryl methyl sites for hydroxylation is 1. The van der Waals surface area contributed by atoms with Gasteiger partial charge in [-0.1, -0.05) is 23.2 Å². The number of halogens is 4. The number of piperazine rings is 1. The van der Waals surface area contributed by atoms with Gasteiger partial charge in [0.05, 0.1) is 12.7 Å². The van der Waals surface area contributed by atoms with Crippen molar-refractivity contribution in [1.82, 2.24) is 0 Å². The molecule has 27 heavy (non-hydrogen) atoms. The minimum atomic E-state index is -4.41. The number of aromatic amines is 1. The number of ether oxygens (including phenoxy) is 1. The van der Waals surface area contributed by atoms with Gasteiger partial charge in [0.15, 0.2) is 0 Å². The molecule has 1 aromatic carbocycles. The second kappa shape index (κ2) is 7.94. The number of rotatable bonds is 4. The van der Waals surface area contributed by atoms with Crippen molar-refractivity contribution in [3.8, 4) is 5.75 Å². The van der Waals surface area contributed by atoms with Crippen molar-refractivity contribution >= 4 is 17.4 Å². The van der Waals surface area contributed by atoms with E-state index in [1.165, 1.54) is 16.0 Å². The summed E-state index contributed by atoms with van der Waals surface area (Å²) in [5.41, 5.74) is 1.59. The monoisotopic (exact) mass is 401 g/mol. The predicted molar refractivity (Wildman–Crippen MR) is 97.4 cm³/mol. The highest BCUT2D eigenvalue weighted by molar-refractivity contribution is 6.32. The highest BCUT2D eigenvalue weighted by Gasteiger charge is 2.35. The Morgan fingerprint density at radius 2 is 1.93 bits per heavy atom. The maximum Gasteiger partial charge on any atom is 0.419 e. The van der Waals surface area contributed by atoms with Gasteiger partial charge in [0, 0.05) is 5.56 Å². The summed E-state index contributed by atoms with van der Waals surface area (Å²) in [6.07, 6.45) is -3.44. The summed E-state index contributed by atoms with van der Waals surface area (Å²) >= 11 is 6.10. The van der Waals surface area contributed by atoms with Crippen LogP contribution in [0.3, 0.4) is 0 Å². The summed E-state index contributed by atoms with van der Waals surface area (Å²) in [5.74, 6) is 1.42. The van der Waals surface area contributed by atoms with Crippen molar-refractivity contribution in [1.29, 1.82) is 0 Å². The first-order valence-electron chi connectivity index (χ1n) is 8.78. The van der Waals surface area contributed by atoms with E-state index in [0.29, 0.717) is 18.9 Å². The highest BCUT2D eigenvalue weighted by Crippen LogP contribution is 2.32. The van der Waals surface area contributed by atoms with Crippen LogP contribution in [0, 0.1) is 6.92 Å². The standard InChI is InChI=1S/C19H21ClF3N3O/c1-13-3-4-17(27-2)14(9-13)12-25-5-7-26(8-6-25)18-16(20)10-15(11-24-18)19(21,22)23/h3-4,9-11H,5-8,12H2,1-2H3/p+2. The van der Waals surface area contributed by atoms with E-state index in [2.05, 4.69) is 18.0 Å². The number of aromatic nitrogens is 1. The molecule has 0 saturated carbocycles. The smallest absolute Gasteiger partial charge is 0.419 e. The van der Waals surface area contributed by atoms with Crippen molar-refractivity contribution in [3.05, 3.63) is 52.2 Å². The van der Waals surface area contributed by atoms with Crippen molar-refractivity contribution < 1.29 is 27.8 Å². The molecule has 1 aliphatic heterocycles. The van der Waals surface area contributed by atoms with Crippen molar-refractivity contribution in [2.24, 2.45) is 0 Å². The molecule has 0 radical (unpaired) electrons. The number of hydrogen-bond donors (Lipinski definition) is 1. The van der Waals surface area contributed by atoms with Gasteiger partial charge in [-0.2, -0.15) is 13.2 Å². The number of nitrogens with zero attached hydrogens (tertiary/aromatic N) is 1. The number of methoxy groups -OCH3 is 1. The number of nitrogens with one attached hydrogen (secondary N) is 2. The number of benzene rings is 1. The van der Waals surface area contributed by atoms with Crippen LogP contribution in [0.15, 0.2) is 30.5 Å². The van der Waals surface area contributed by atoms with Crippen LogP contribution >= 0.6 is 11.6 Å². The fourth-order valence-electron chi connectivity index (χ4n) is 3.41. The van der Waals surface area contributed by atoms with Crippen molar-refractivity contribution in [3.63, 3.8) is 0 Å². The Morgan fingerprint density at radius 3 is 2.52 bits per heavy atom. The lowest BCUT2D eigenvalue weighted by molar-refractivity contribution is -0.914. The largest absolute Gasteiger partial charge is 0.496 e. The average Bonchev–Trinajstić information content (AvgIpc) is 2.62. The number of alkyl halides is 3. The van der Waals surface area contributed by atoms with Gasteiger partial charge in [0.1, 0.15) is 49.7 Å². The third kappa shape index (κ3) is 4.65. The summed E-state index contributed by atoms with van der Waals surface area (Å²) in [6, 6.07) is 7.12. The first-order chi connectivity index (χ1) is 12.8. The van der Waals surface area contributed by atoms with E-state index in [1.807, 2.05) is 17.0 Å². The first kappa shape index (κ1) is 19.8. The predicted octanol–water partition coefficient (Wildman–Crippen LogP) is 2.40. The molecular weight excluding hydrogens is 379 g/mol. The molecule has 2 heterocycles. The van der Waals surface area contributed by atoms with E-state index in [9.17, 15) is 13.2 Å². The van der Waals surface area contributed by atoms with Gasteiger partial charge in [-0.15, -0.1) is 0 Å². The lowest BCUT2D eigenvalue weighted by Gasteiger charge is -2.29. The van der Waals surface area contributed by atoms with Gasteiger partial charge in [-0.25, -0.2) is 9.88 Å². The van der Waals surface area contributed by atoms with E-state index >= 15 is 0 Å². The molecule has 0 spiro atoms. The topological polar surface area (TPSA) is 31.1 Å². The molecule has 1 aromatic heterocycles. The molecule has 2 aromatic rings. The zero-order chi connectivity index (χ0) is 19.6. The molecule has 0 unspecified atom stereocenters. The Balaban J connectivity index is 1.65. The van der Waals surface area contributed by atoms with Crippen LogP contribution in [0.5, 0.6) is 5.75 Å². The van der Waals surface area contributed by atoms with Gasteiger partial charge >= 0.3 is 6.18 Å². The van der Waals surface area contributed by atoms with Gasteiger partial charge in [-0.05, 0) is 25.1 Å². The summed E-state index contributed by atoms with van der Waals surface area (Å²) in [7, 11) is 1.67. The molecule has 8 heteroatoms. The minimum Gasteiger partial charge on any atom is -0.496 e. The second-order valence-corrected chi connectivity index (χ2v) is 7.22. The number of anilines is 1. The molecule has 0 atom stereocenters. The number of H-pyrrole nitrogens is 1. The second-order valence-electron chi connectivity index (χ2n) is 6.81. The number of hydrogen-bond acceptors (Lipinski definition) is 2. The Labute approximate surface area is 161 Å². The van der Waals surface area contributed by atoms with Gasteiger partial charge < -0.3 is 9.64 Å². The zero-order valence-electron chi connectivity index (χ0n) is 15.3. The molecule has 4 nitrogen and oxygen atoms in total. The Kier molecular flexibility index (Phi) is 5.81. The van der Waals surface area contributed by atoms with Crippen LogP contribution in [-0.4, -0.2) is 33.3 Å². The van der Waals surface area contributed by atoms with E-state index in [1.54, 1.807) is 7.11 Å². The van der Waals surface area contributed by atoms with Crippen LogP contribution in [0.2, 0.25) is 5.02 Å². The third-order valence-corrected chi connectivity index (χ3v) is 5.15. The molecule has 0 aliphatic carbocycles. The van der Waals surface area contributed by atoms with Crippen molar-refractivity contribution in [2.45, 2.75) is 19.6 Å². The molecule has 1 saturated heterocycles. The highest BCUT2D eigenvalue weighted by atomic mass is 35.5. The number of quaternary nitrogens is 1. The van der Waals surface area contributed by atoms with Crippen LogP contribution in [-0.2, 0) is 12.7 Å². The fraction of sp³-hybridized carbons (Fsp3) is 0.421. The van der Waals surface area contributed by atoms with E-state index in [4.69, 9.17) is 16.3 Å². The maximum atomic E-state index is 12.8. The van der Waals surface area contributed by atoms with E-state index in [-0.39, 0.29) is 5.02 Å². The summed E-state index contributed by atoms with van der Waals surface area (Å²) in [5, 5.41) is 0.0913. The molecule has 0 amide bonds. The molecular formula is C19H23ClF3N3O+2. The average molecular weight is 402 g/mol. The maximum absolute atomic E-state index is 12.8. The molecule has 3 rings (SSSR count). The van der Waals surface area contributed by atoms with Crippen LogP contribution < -0.4 is 19.5 Å².